The van der Waals surface area contributed by atoms with Crippen LogP contribution in [-0.4, -0.2) is 47.0 Å². The maximum Gasteiger partial charge on any atom is 0.246 e. The Hall–Kier alpha value is -1.91. The molecule has 0 aliphatic carbocycles. The standard InChI is InChI=1S/C13H18N4O/c1-4-13(18)17-7-5-16(6-8-17)12-9-10(2)14-11(3)15-12/h4,9H,1,5-8H2,2-3H3. The van der Waals surface area contributed by atoms with E-state index >= 15 is 0 Å². The van der Waals surface area contributed by atoms with Crippen molar-refractivity contribution in [3.8, 4) is 0 Å². The van der Waals surface area contributed by atoms with Crippen LogP contribution in [-0.2, 0) is 4.79 Å². The molecule has 0 N–H and O–H groups in total. The van der Waals surface area contributed by atoms with E-state index in [4.69, 9.17) is 0 Å². The lowest BCUT2D eigenvalue weighted by atomic mass is 10.3. The normalized spacial score (nSPS) is 15.7. The number of hydrogen-bond acceptors (Lipinski definition) is 4. The van der Waals surface area contributed by atoms with Crippen molar-refractivity contribution in [1.29, 1.82) is 0 Å². The highest BCUT2D eigenvalue weighted by atomic mass is 16.2. The van der Waals surface area contributed by atoms with Crippen LogP contribution in [0.5, 0.6) is 0 Å². The molecule has 1 aliphatic rings. The second-order valence-corrected chi connectivity index (χ2v) is 4.43. The third kappa shape index (κ3) is 2.67. The van der Waals surface area contributed by atoms with Gasteiger partial charge in [0.2, 0.25) is 5.91 Å². The average Bonchev–Trinajstić information content (AvgIpc) is 2.37. The van der Waals surface area contributed by atoms with Gasteiger partial charge in [-0.25, -0.2) is 9.97 Å². The Kier molecular flexibility index (Phi) is 3.60. The second-order valence-electron chi connectivity index (χ2n) is 4.43. The summed E-state index contributed by atoms with van der Waals surface area (Å²) in [5.74, 6) is 1.74. The first kappa shape index (κ1) is 12.5. The van der Waals surface area contributed by atoms with Gasteiger partial charge in [-0.05, 0) is 19.9 Å². The number of nitrogens with zero attached hydrogens (tertiary/aromatic N) is 4. The lowest BCUT2D eigenvalue weighted by molar-refractivity contribution is -0.126. The maximum absolute atomic E-state index is 11.5. The molecule has 0 saturated carbocycles. The van der Waals surface area contributed by atoms with Gasteiger partial charge in [0.05, 0.1) is 0 Å². The van der Waals surface area contributed by atoms with Crippen LogP contribution in [0.4, 0.5) is 5.82 Å². The van der Waals surface area contributed by atoms with Crippen molar-refractivity contribution in [3.05, 3.63) is 30.2 Å². The molecule has 18 heavy (non-hydrogen) atoms. The molecule has 0 radical (unpaired) electrons. The lowest BCUT2D eigenvalue weighted by Gasteiger charge is -2.35. The fraction of sp³-hybridized carbons (Fsp3) is 0.462. The van der Waals surface area contributed by atoms with Crippen LogP contribution in [0.3, 0.4) is 0 Å². The van der Waals surface area contributed by atoms with Crippen molar-refractivity contribution in [1.82, 2.24) is 14.9 Å². The maximum atomic E-state index is 11.5. The summed E-state index contributed by atoms with van der Waals surface area (Å²) in [6, 6.07) is 1.98. The minimum absolute atomic E-state index is 0.00435. The van der Waals surface area contributed by atoms with E-state index in [9.17, 15) is 4.79 Å². The Morgan fingerprint density at radius 2 is 1.94 bits per heavy atom. The summed E-state index contributed by atoms with van der Waals surface area (Å²) in [4.78, 5) is 24.2. The fourth-order valence-electron chi connectivity index (χ4n) is 2.14. The topological polar surface area (TPSA) is 49.3 Å². The van der Waals surface area contributed by atoms with Gasteiger partial charge in [0.1, 0.15) is 11.6 Å². The highest BCUT2D eigenvalue weighted by molar-refractivity contribution is 5.87. The molecule has 1 saturated heterocycles. The first-order valence-electron chi connectivity index (χ1n) is 6.08. The zero-order valence-electron chi connectivity index (χ0n) is 10.9. The predicted octanol–water partition coefficient (Wildman–Crippen LogP) is 0.928. The van der Waals surface area contributed by atoms with Crippen LogP contribution in [0, 0.1) is 13.8 Å². The number of carbonyl (C=O) groups excluding carboxylic acids is 1. The molecule has 5 heteroatoms. The third-order valence-corrected chi connectivity index (χ3v) is 3.04. The molecule has 0 atom stereocenters. The Bertz CT molecular complexity index is 444. The van der Waals surface area contributed by atoms with Crippen LogP contribution in [0.2, 0.25) is 0 Å². The molecular weight excluding hydrogens is 228 g/mol. The molecule has 0 unspecified atom stereocenters. The minimum Gasteiger partial charge on any atom is -0.353 e. The Morgan fingerprint density at radius 1 is 1.28 bits per heavy atom. The van der Waals surface area contributed by atoms with E-state index in [1.54, 1.807) is 0 Å². The average molecular weight is 246 g/mol. The first-order chi connectivity index (χ1) is 8.60. The van der Waals surface area contributed by atoms with Crippen LogP contribution in [0.15, 0.2) is 18.7 Å². The minimum atomic E-state index is 0.00435. The number of hydrogen-bond donors (Lipinski definition) is 0. The molecule has 0 bridgehead atoms. The van der Waals surface area contributed by atoms with Gasteiger partial charge in [-0.15, -0.1) is 0 Å². The first-order valence-corrected chi connectivity index (χ1v) is 6.08. The molecule has 0 aromatic carbocycles. The molecule has 2 rings (SSSR count). The molecule has 1 fully saturated rings. The summed E-state index contributed by atoms with van der Waals surface area (Å²) in [6.07, 6.45) is 1.37. The van der Waals surface area contributed by atoms with E-state index in [2.05, 4.69) is 21.4 Å². The second kappa shape index (κ2) is 5.16. The SMILES string of the molecule is C=CC(=O)N1CCN(c2cc(C)nc(C)n2)CC1. The number of aryl methyl sites for hydroxylation is 2. The molecular formula is C13H18N4O. The van der Waals surface area contributed by atoms with E-state index < -0.39 is 0 Å². The molecule has 5 nitrogen and oxygen atoms in total. The number of amides is 1. The lowest BCUT2D eigenvalue weighted by Crippen LogP contribution is -2.48. The summed E-state index contributed by atoms with van der Waals surface area (Å²) in [6.45, 7) is 10.4. The van der Waals surface area contributed by atoms with Gasteiger partial charge in [0, 0.05) is 37.9 Å². The molecule has 2 heterocycles. The van der Waals surface area contributed by atoms with E-state index in [1.165, 1.54) is 6.08 Å². The van der Waals surface area contributed by atoms with Crippen molar-refractivity contribution in [3.63, 3.8) is 0 Å². The number of anilines is 1. The van der Waals surface area contributed by atoms with Crippen LogP contribution >= 0.6 is 0 Å². The summed E-state index contributed by atoms with van der Waals surface area (Å²) >= 11 is 0. The number of aromatic nitrogens is 2. The van der Waals surface area contributed by atoms with Crippen molar-refractivity contribution in [2.75, 3.05) is 31.1 Å². The fourth-order valence-corrected chi connectivity index (χ4v) is 2.14. The molecule has 96 valence electrons. The smallest absolute Gasteiger partial charge is 0.246 e. The van der Waals surface area contributed by atoms with Gasteiger partial charge < -0.3 is 9.80 Å². The van der Waals surface area contributed by atoms with Crippen molar-refractivity contribution in [2.24, 2.45) is 0 Å². The van der Waals surface area contributed by atoms with Crippen molar-refractivity contribution in [2.45, 2.75) is 13.8 Å². The number of carbonyl (C=O) groups is 1. The van der Waals surface area contributed by atoms with Gasteiger partial charge in [-0.3, -0.25) is 4.79 Å². The summed E-state index contributed by atoms with van der Waals surface area (Å²) in [7, 11) is 0. The zero-order chi connectivity index (χ0) is 13.1. The quantitative estimate of drug-likeness (QED) is 0.728. The van der Waals surface area contributed by atoms with Crippen molar-refractivity contribution >= 4 is 11.7 Å². The van der Waals surface area contributed by atoms with Gasteiger partial charge in [-0.1, -0.05) is 6.58 Å². The Balaban J connectivity index is 2.05. The highest BCUT2D eigenvalue weighted by Crippen LogP contribution is 2.15. The van der Waals surface area contributed by atoms with Gasteiger partial charge in [0.25, 0.3) is 0 Å². The molecule has 1 aromatic heterocycles. The number of rotatable bonds is 2. The highest BCUT2D eigenvalue weighted by Gasteiger charge is 2.20. The van der Waals surface area contributed by atoms with Gasteiger partial charge >= 0.3 is 0 Å². The largest absolute Gasteiger partial charge is 0.353 e. The summed E-state index contributed by atoms with van der Waals surface area (Å²) in [5.41, 5.74) is 0.974. The summed E-state index contributed by atoms with van der Waals surface area (Å²) < 4.78 is 0. The summed E-state index contributed by atoms with van der Waals surface area (Å²) in [5, 5.41) is 0. The monoisotopic (exact) mass is 246 g/mol. The Labute approximate surface area is 107 Å². The van der Waals surface area contributed by atoms with Crippen LogP contribution in [0.1, 0.15) is 11.5 Å². The Morgan fingerprint density at radius 3 is 2.50 bits per heavy atom. The molecule has 0 spiro atoms. The van der Waals surface area contributed by atoms with Crippen LogP contribution in [0.25, 0.3) is 0 Å². The van der Waals surface area contributed by atoms with E-state index in [0.717, 1.165) is 30.4 Å². The van der Waals surface area contributed by atoms with Gasteiger partial charge in [0.15, 0.2) is 0 Å². The zero-order valence-corrected chi connectivity index (χ0v) is 10.9. The molecule has 1 amide bonds. The van der Waals surface area contributed by atoms with Crippen LogP contribution < -0.4 is 4.90 Å². The van der Waals surface area contributed by atoms with Crippen molar-refractivity contribution < 1.29 is 4.79 Å². The van der Waals surface area contributed by atoms with E-state index in [1.807, 2.05) is 24.8 Å². The molecule has 1 aromatic rings. The molecule has 1 aliphatic heterocycles. The number of piperazine rings is 1. The van der Waals surface area contributed by atoms with E-state index in [0.29, 0.717) is 13.1 Å². The van der Waals surface area contributed by atoms with Gasteiger partial charge in [-0.2, -0.15) is 0 Å². The predicted molar refractivity (Wildman–Crippen MR) is 70.5 cm³/mol. The third-order valence-electron chi connectivity index (χ3n) is 3.04. The van der Waals surface area contributed by atoms with E-state index in [-0.39, 0.29) is 5.91 Å².